The number of benzene rings is 2. The third-order valence-corrected chi connectivity index (χ3v) is 4.25. The Hall–Kier alpha value is -2.16. The molecule has 0 saturated heterocycles. The molecule has 0 amide bonds. The second-order valence-electron chi connectivity index (χ2n) is 5.59. The third kappa shape index (κ3) is 1.99. The second-order valence-corrected chi connectivity index (χ2v) is 5.59. The fraction of sp³-hybridized carbons (Fsp3) is 0.294. The number of fused-ring (bicyclic) bond motifs is 1. The molecule has 1 aliphatic carbocycles. The van der Waals surface area contributed by atoms with Crippen molar-refractivity contribution in [1.29, 1.82) is 0 Å². The lowest BCUT2D eigenvalue weighted by atomic mass is 10.1. The van der Waals surface area contributed by atoms with Gasteiger partial charge in [0.2, 0.25) is 0 Å². The van der Waals surface area contributed by atoms with Gasteiger partial charge < -0.3 is 0 Å². The molecule has 3 heteroatoms. The minimum absolute atomic E-state index is 0.580. The Morgan fingerprint density at radius 1 is 0.950 bits per heavy atom. The quantitative estimate of drug-likeness (QED) is 0.749. The summed E-state index contributed by atoms with van der Waals surface area (Å²) < 4.78 is 0. The molecule has 1 aliphatic rings. The van der Waals surface area contributed by atoms with Crippen molar-refractivity contribution in [1.82, 2.24) is 15.2 Å². The van der Waals surface area contributed by atoms with Crippen LogP contribution < -0.4 is 0 Å². The molecule has 3 nitrogen and oxygen atoms in total. The Morgan fingerprint density at radius 2 is 1.75 bits per heavy atom. The van der Waals surface area contributed by atoms with E-state index >= 15 is 0 Å². The third-order valence-electron chi connectivity index (χ3n) is 4.25. The Bertz CT molecular complexity index is 739. The predicted molar refractivity (Wildman–Crippen MR) is 80.5 cm³/mol. The Kier molecular flexibility index (Phi) is 2.76. The van der Waals surface area contributed by atoms with Crippen molar-refractivity contribution in [3.63, 3.8) is 0 Å². The Morgan fingerprint density at radius 3 is 2.60 bits per heavy atom. The maximum absolute atomic E-state index is 4.70. The zero-order valence-corrected chi connectivity index (χ0v) is 11.3. The van der Waals surface area contributed by atoms with E-state index in [-0.39, 0.29) is 0 Å². The van der Waals surface area contributed by atoms with Gasteiger partial charge in [-0.3, -0.25) is 5.10 Å². The van der Waals surface area contributed by atoms with E-state index < -0.39 is 0 Å². The first-order valence-corrected chi connectivity index (χ1v) is 7.31. The van der Waals surface area contributed by atoms with E-state index in [2.05, 4.69) is 52.7 Å². The molecule has 0 radical (unpaired) electrons. The Labute approximate surface area is 118 Å². The molecule has 0 atom stereocenters. The molecule has 1 aromatic heterocycles. The number of rotatable bonds is 2. The molecule has 3 aromatic rings. The van der Waals surface area contributed by atoms with E-state index in [4.69, 9.17) is 4.98 Å². The summed E-state index contributed by atoms with van der Waals surface area (Å²) in [5, 5.41) is 10.0. The standard InChI is InChI=1S/C17H17N3/c1-4-8-14-11-15(10-9-12(14)5-1)17-18-16(19-20-17)13-6-2-3-7-13/h1,4-5,8-11,13H,2-3,6-7H2,(H,18,19,20). The van der Waals surface area contributed by atoms with Crippen LogP contribution in [0.15, 0.2) is 42.5 Å². The molecule has 100 valence electrons. The van der Waals surface area contributed by atoms with Gasteiger partial charge in [0.05, 0.1) is 0 Å². The number of H-pyrrole nitrogens is 1. The first-order valence-electron chi connectivity index (χ1n) is 7.31. The summed E-state index contributed by atoms with van der Waals surface area (Å²) in [7, 11) is 0. The molecule has 20 heavy (non-hydrogen) atoms. The van der Waals surface area contributed by atoms with Crippen LogP contribution in [0.3, 0.4) is 0 Å². The lowest BCUT2D eigenvalue weighted by Gasteiger charge is -2.02. The van der Waals surface area contributed by atoms with Crippen molar-refractivity contribution in [3.05, 3.63) is 48.3 Å². The summed E-state index contributed by atoms with van der Waals surface area (Å²) in [6, 6.07) is 14.8. The highest BCUT2D eigenvalue weighted by Crippen LogP contribution is 2.33. The van der Waals surface area contributed by atoms with Crippen LogP contribution in [0.4, 0.5) is 0 Å². The monoisotopic (exact) mass is 263 g/mol. The van der Waals surface area contributed by atoms with E-state index in [1.165, 1.54) is 36.5 Å². The fourth-order valence-corrected chi connectivity index (χ4v) is 3.11. The number of hydrogen-bond acceptors (Lipinski definition) is 2. The fourth-order valence-electron chi connectivity index (χ4n) is 3.11. The second kappa shape index (κ2) is 4.75. The van der Waals surface area contributed by atoms with Crippen LogP contribution >= 0.6 is 0 Å². The smallest absolute Gasteiger partial charge is 0.181 e. The van der Waals surface area contributed by atoms with Crippen LogP contribution in [0.2, 0.25) is 0 Å². The van der Waals surface area contributed by atoms with Gasteiger partial charge in [-0.05, 0) is 29.7 Å². The van der Waals surface area contributed by atoms with Crippen LogP contribution in [0.1, 0.15) is 37.4 Å². The largest absolute Gasteiger partial charge is 0.262 e. The van der Waals surface area contributed by atoms with Crippen LogP contribution in [0.5, 0.6) is 0 Å². The van der Waals surface area contributed by atoms with E-state index in [1.54, 1.807) is 0 Å². The van der Waals surface area contributed by atoms with Crippen molar-refractivity contribution < 1.29 is 0 Å². The predicted octanol–water partition coefficient (Wildman–Crippen LogP) is 4.28. The van der Waals surface area contributed by atoms with E-state index in [0.717, 1.165) is 17.2 Å². The molecule has 1 saturated carbocycles. The summed E-state index contributed by atoms with van der Waals surface area (Å²) in [6.07, 6.45) is 5.12. The maximum Gasteiger partial charge on any atom is 0.181 e. The summed E-state index contributed by atoms with van der Waals surface area (Å²) in [6.45, 7) is 0. The van der Waals surface area contributed by atoms with E-state index in [1.807, 2.05) is 0 Å². The van der Waals surface area contributed by atoms with Gasteiger partial charge in [0, 0.05) is 11.5 Å². The lowest BCUT2D eigenvalue weighted by Crippen LogP contribution is -1.94. The number of aromatic amines is 1. The molecule has 0 spiro atoms. The average Bonchev–Trinajstić information content (AvgIpc) is 3.17. The summed E-state index contributed by atoms with van der Waals surface area (Å²) >= 11 is 0. The normalized spacial score (nSPS) is 16.0. The van der Waals surface area contributed by atoms with Crippen LogP contribution in [-0.4, -0.2) is 15.2 Å². The van der Waals surface area contributed by atoms with Gasteiger partial charge in [-0.25, -0.2) is 4.98 Å². The Balaban J connectivity index is 1.71. The average molecular weight is 263 g/mol. The lowest BCUT2D eigenvalue weighted by molar-refractivity contribution is 0.672. The SMILES string of the molecule is c1ccc2cc(-c3n[nH]c(C4CCCC4)n3)ccc2c1. The van der Waals surface area contributed by atoms with Gasteiger partial charge in [0.15, 0.2) is 5.82 Å². The molecule has 1 N–H and O–H groups in total. The van der Waals surface area contributed by atoms with Crippen molar-refractivity contribution in [2.75, 3.05) is 0 Å². The van der Waals surface area contributed by atoms with Crippen LogP contribution in [-0.2, 0) is 0 Å². The zero-order valence-electron chi connectivity index (χ0n) is 11.3. The highest BCUT2D eigenvalue weighted by Gasteiger charge is 2.20. The van der Waals surface area contributed by atoms with E-state index in [9.17, 15) is 0 Å². The van der Waals surface area contributed by atoms with Crippen LogP contribution in [0, 0.1) is 0 Å². The molecule has 1 fully saturated rings. The molecule has 0 bridgehead atoms. The van der Waals surface area contributed by atoms with Crippen molar-refractivity contribution >= 4 is 10.8 Å². The number of aromatic nitrogens is 3. The topological polar surface area (TPSA) is 41.6 Å². The zero-order chi connectivity index (χ0) is 13.4. The summed E-state index contributed by atoms with van der Waals surface area (Å²) in [5.74, 6) is 2.46. The molecular formula is C17H17N3. The van der Waals surface area contributed by atoms with Crippen LogP contribution in [0.25, 0.3) is 22.2 Å². The van der Waals surface area contributed by atoms with Gasteiger partial charge in [0.1, 0.15) is 5.82 Å². The molecule has 2 aromatic carbocycles. The minimum Gasteiger partial charge on any atom is -0.262 e. The minimum atomic E-state index is 0.580. The molecule has 1 heterocycles. The van der Waals surface area contributed by atoms with Crippen molar-refractivity contribution in [2.24, 2.45) is 0 Å². The summed E-state index contributed by atoms with van der Waals surface area (Å²) in [4.78, 5) is 4.70. The first-order chi connectivity index (χ1) is 9.90. The van der Waals surface area contributed by atoms with Crippen molar-refractivity contribution in [3.8, 4) is 11.4 Å². The molecular weight excluding hydrogens is 246 g/mol. The van der Waals surface area contributed by atoms with Gasteiger partial charge in [-0.1, -0.05) is 49.2 Å². The molecule has 4 rings (SSSR count). The highest BCUT2D eigenvalue weighted by atomic mass is 15.2. The van der Waals surface area contributed by atoms with Crippen molar-refractivity contribution in [2.45, 2.75) is 31.6 Å². The molecule has 0 aliphatic heterocycles. The number of nitrogens with one attached hydrogen (secondary N) is 1. The van der Waals surface area contributed by atoms with Gasteiger partial charge in [-0.2, -0.15) is 5.10 Å². The number of nitrogens with zero attached hydrogens (tertiary/aromatic N) is 2. The number of hydrogen-bond donors (Lipinski definition) is 1. The van der Waals surface area contributed by atoms with Gasteiger partial charge >= 0.3 is 0 Å². The highest BCUT2D eigenvalue weighted by molar-refractivity contribution is 5.86. The molecule has 0 unspecified atom stereocenters. The first kappa shape index (κ1) is 11.6. The van der Waals surface area contributed by atoms with Gasteiger partial charge in [0.25, 0.3) is 0 Å². The maximum atomic E-state index is 4.70. The van der Waals surface area contributed by atoms with Gasteiger partial charge in [-0.15, -0.1) is 0 Å². The van der Waals surface area contributed by atoms with E-state index in [0.29, 0.717) is 5.92 Å². The summed E-state index contributed by atoms with van der Waals surface area (Å²) in [5.41, 5.74) is 1.09.